The van der Waals surface area contributed by atoms with Crippen LogP contribution in [0, 0.1) is 12.3 Å². The van der Waals surface area contributed by atoms with Crippen LogP contribution in [0.1, 0.15) is 46.9 Å². The first kappa shape index (κ1) is 19.1. The number of hydrogen-bond donors (Lipinski definition) is 0. The Balaban J connectivity index is 1.35. The van der Waals surface area contributed by atoms with Crippen molar-refractivity contribution in [3.8, 4) is 0 Å². The second kappa shape index (κ2) is 7.99. The maximum atomic E-state index is 12.7. The van der Waals surface area contributed by atoms with Crippen molar-refractivity contribution in [2.45, 2.75) is 39.0 Å². The molecule has 0 radical (unpaired) electrons. The molecule has 0 N–H and O–H groups in total. The Morgan fingerprint density at radius 2 is 2.07 bits per heavy atom. The van der Waals surface area contributed by atoms with Crippen LogP contribution in [-0.2, 0) is 11.2 Å². The lowest BCUT2D eigenvalue weighted by molar-refractivity contribution is -0.138. The molecule has 2 aromatic rings. The topological polar surface area (TPSA) is 66.4 Å². The second-order valence-electron chi connectivity index (χ2n) is 7.93. The van der Waals surface area contributed by atoms with Gasteiger partial charge in [0.15, 0.2) is 0 Å². The average molecular weight is 399 g/mol. The minimum Gasteiger partial charge on any atom is -0.342 e. The van der Waals surface area contributed by atoms with E-state index in [2.05, 4.69) is 9.97 Å². The summed E-state index contributed by atoms with van der Waals surface area (Å²) in [5.74, 6) is 0.288. The van der Waals surface area contributed by atoms with Crippen molar-refractivity contribution >= 4 is 23.2 Å². The fraction of sp³-hybridized carbons (Fsp3) is 0.524. The minimum atomic E-state index is 0.0399. The van der Waals surface area contributed by atoms with Gasteiger partial charge in [0.2, 0.25) is 5.91 Å². The highest BCUT2D eigenvalue weighted by atomic mass is 32.1. The van der Waals surface area contributed by atoms with Crippen molar-refractivity contribution in [2.75, 3.05) is 26.2 Å². The predicted octanol–water partition coefficient (Wildman–Crippen LogP) is 2.93. The Labute approximate surface area is 169 Å². The van der Waals surface area contributed by atoms with Gasteiger partial charge in [0.1, 0.15) is 5.69 Å². The minimum absolute atomic E-state index is 0.0399. The summed E-state index contributed by atoms with van der Waals surface area (Å²) in [5, 5.41) is 2.77. The van der Waals surface area contributed by atoms with Crippen LogP contribution < -0.4 is 0 Å². The number of piperidine rings is 2. The SMILES string of the molecule is Cc1nc(C(=O)N2CCC3(CCC(=O)N(CCc4ccccn4)C3)CC2)cs1. The zero-order valence-corrected chi connectivity index (χ0v) is 17.1. The van der Waals surface area contributed by atoms with E-state index in [-0.39, 0.29) is 17.2 Å². The Morgan fingerprint density at radius 3 is 2.75 bits per heavy atom. The van der Waals surface area contributed by atoms with E-state index in [1.54, 1.807) is 6.20 Å². The first-order chi connectivity index (χ1) is 13.5. The first-order valence-corrected chi connectivity index (χ1v) is 10.8. The van der Waals surface area contributed by atoms with Crippen LogP contribution in [0.25, 0.3) is 0 Å². The van der Waals surface area contributed by atoms with E-state index in [4.69, 9.17) is 0 Å². The molecule has 2 aliphatic rings. The molecule has 0 atom stereocenters. The van der Waals surface area contributed by atoms with Crippen LogP contribution in [-0.4, -0.2) is 57.8 Å². The molecule has 4 rings (SSSR count). The summed E-state index contributed by atoms with van der Waals surface area (Å²) < 4.78 is 0. The lowest BCUT2D eigenvalue weighted by atomic mass is 9.72. The van der Waals surface area contributed by atoms with E-state index in [9.17, 15) is 9.59 Å². The lowest BCUT2D eigenvalue weighted by Gasteiger charge is -2.47. The Kier molecular flexibility index (Phi) is 5.44. The van der Waals surface area contributed by atoms with Crippen LogP contribution in [0.15, 0.2) is 29.8 Å². The number of carbonyl (C=O) groups excluding carboxylic acids is 2. The summed E-state index contributed by atoms with van der Waals surface area (Å²) in [6.07, 6.45) is 6.04. The largest absolute Gasteiger partial charge is 0.342 e. The van der Waals surface area contributed by atoms with Gasteiger partial charge in [-0.1, -0.05) is 6.07 Å². The van der Waals surface area contributed by atoms with E-state index in [0.29, 0.717) is 12.1 Å². The summed E-state index contributed by atoms with van der Waals surface area (Å²) in [4.78, 5) is 37.7. The number of aryl methyl sites for hydroxylation is 1. The van der Waals surface area contributed by atoms with Gasteiger partial charge in [0, 0.05) is 56.3 Å². The average Bonchev–Trinajstić information content (AvgIpc) is 3.16. The highest BCUT2D eigenvalue weighted by Crippen LogP contribution is 2.40. The maximum Gasteiger partial charge on any atom is 0.273 e. The third-order valence-corrected chi connectivity index (χ3v) is 6.84. The maximum absolute atomic E-state index is 12.7. The number of hydrogen-bond acceptors (Lipinski definition) is 5. The summed E-state index contributed by atoms with van der Waals surface area (Å²) in [5.41, 5.74) is 1.73. The molecule has 1 spiro atoms. The van der Waals surface area contributed by atoms with Gasteiger partial charge in [-0.05, 0) is 43.7 Å². The van der Waals surface area contributed by atoms with Crippen LogP contribution in [0.3, 0.4) is 0 Å². The molecule has 4 heterocycles. The third-order valence-electron chi connectivity index (χ3n) is 6.06. The van der Waals surface area contributed by atoms with Crippen LogP contribution in [0.5, 0.6) is 0 Å². The van der Waals surface area contributed by atoms with Crippen LogP contribution in [0.4, 0.5) is 0 Å². The number of thiazole rings is 1. The Hall–Kier alpha value is -2.28. The molecule has 2 aromatic heterocycles. The van der Waals surface area contributed by atoms with Gasteiger partial charge in [-0.15, -0.1) is 11.3 Å². The molecule has 7 heteroatoms. The van der Waals surface area contributed by atoms with Crippen LogP contribution >= 0.6 is 11.3 Å². The molecule has 28 heavy (non-hydrogen) atoms. The smallest absolute Gasteiger partial charge is 0.273 e. The van der Waals surface area contributed by atoms with Crippen molar-refractivity contribution in [3.05, 3.63) is 46.2 Å². The number of nitrogens with zero attached hydrogens (tertiary/aromatic N) is 4. The molecule has 0 aromatic carbocycles. The molecule has 2 saturated heterocycles. The summed E-state index contributed by atoms with van der Waals surface area (Å²) in [7, 11) is 0. The first-order valence-electron chi connectivity index (χ1n) is 9.94. The van der Waals surface area contributed by atoms with Gasteiger partial charge in [-0.2, -0.15) is 0 Å². The van der Waals surface area contributed by atoms with E-state index >= 15 is 0 Å². The lowest BCUT2D eigenvalue weighted by Crippen LogP contribution is -2.52. The molecule has 6 nitrogen and oxygen atoms in total. The number of pyridine rings is 1. The number of amides is 2. The molecule has 0 bridgehead atoms. The fourth-order valence-corrected chi connectivity index (χ4v) is 4.90. The van der Waals surface area contributed by atoms with Crippen molar-refractivity contribution in [1.82, 2.24) is 19.8 Å². The molecule has 148 valence electrons. The fourth-order valence-electron chi connectivity index (χ4n) is 4.32. The van der Waals surface area contributed by atoms with E-state index in [1.807, 2.05) is 40.3 Å². The van der Waals surface area contributed by atoms with Gasteiger partial charge < -0.3 is 9.80 Å². The summed E-state index contributed by atoms with van der Waals surface area (Å²) in [6.45, 7) is 4.94. The van der Waals surface area contributed by atoms with E-state index < -0.39 is 0 Å². The van der Waals surface area contributed by atoms with E-state index in [1.165, 1.54) is 11.3 Å². The van der Waals surface area contributed by atoms with Gasteiger partial charge in [-0.3, -0.25) is 14.6 Å². The Morgan fingerprint density at radius 1 is 1.25 bits per heavy atom. The van der Waals surface area contributed by atoms with Crippen molar-refractivity contribution < 1.29 is 9.59 Å². The van der Waals surface area contributed by atoms with Gasteiger partial charge in [0.05, 0.1) is 5.01 Å². The molecule has 2 amide bonds. The molecule has 0 unspecified atom stereocenters. The third kappa shape index (κ3) is 4.09. The molecule has 2 fully saturated rings. The van der Waals surface area contributed by atoms with Crippen molar-refractivity contribution in [3.63, 3.8) is 0 Å². The molecule has 0 aliphatic carbocycles. The monoisotopic (exact) mass is 398 g/mol. The molecule has 2 aliphatic heterocycles. The predicted molar refractivity (Wildman–Crippen MR) is 108 cm³/mol. The normalized spacial score (nSPS) is 19.2. The molecular weight excluding hydrogens is 372 g/mol. The van der Waals surface area contributed by atoms with Crippen molar-refractivity contribution in [2.24, 2.45) is 5.41 Å². The van der Waals surface area contributed by atoms with Gasteiger partial charge >= 0.3 is 0 Å². The molecule has 0 saturated carbocycles. The number of carbonyl (C=O) groups is 2. The zero-order valence-electron chi connectivity index (χ0n) is 16.3. The standard InChI is InChI=1S/C21H26N4O2S/c1-16-23-18(14-28-16)20(27)24-12-8-21(9-13-24)7-5-19(26)25(15-21)11-6-17-4-2-3-10-22-17/h2-4,10,14H,5-9,11-13,15H2,1H3. The second-order valence-corrected chi connectivity index (χ2v) is 8.99. The highest BCUT2D eigenvalue weighted by molar-refractivity contribution is 7.09. The molecular formula is C21H26N4O2S. The number of aromatic nitrogens is 2. The number of rotatable bonds is 4. The van der Waals surface area contributed by atoms with Gasteiger partial charge in [0.25, 0.3) is 5.91 Å². The van der Waals surface area contributed by atoms with E-state index in [0.717, 1.165) is 62.6 Å². The number of likely N-dealkylation sites (tertiary alicyclic amines) is 2. The highest BCUT2D eigenvalue weighted by Gasteiger charge is 2.41. The van der Waals surface area contributed by atoms with Gasteiger partial charge in [-0.25, -0.2) is 4.98 Å². The van der Waals surface area contributed by atoms with Crippen molar-refractivity contribution in [1.29, 1.82) is 0 Å². The van der Waals surface area contributed by atoms with Crippen LogP contribution in [0.2, 0.25) is 0 Å². The Bertz CT molecular complexity index is 843. The quantitative estimate of drug-likeness (QED) is 0.794. The summed E-state index contributed by atoms with van der Waals surface area (Å²) >= 11 is 1.51. The zero-order chi connectivity index (χ0) is 19.6. The summed E-state index contributed by atoms with van der Waals surface area (Å²) in [6, 6.07) is 5.90.